The smallest absolute Gasteiger partial charge is 0.342 e. The van der Waals surface area contributed by atoms with Crippen molar-refractivity contribution < 1.29 is 18.7 Å². The molecular weight excluding hydrogens is 309 g/mol. The topological polar surface area (TPSA) is 82.0 Å². The van der Waals surface area contributed by atoms with Gasteiger partial charge in [0, 0.05) is 6.20 Å². The van der Waals surface area contributed by atoms with Gasteiger partial charge in [-0.15, -0.1) is 0 Å². The van der Waals surface area contributed by atoms with Crippen molar-refractivity contribution in [1.82, 2.24) is 15.0 Å². The van der Waals surface area contributed by atoms with Crippen LogP contribution in [-0.4, -0.2) is 39.6 Å². The van der Waals surface area contributed by atoms with Gasteiger partial charge in [-0.3, -0.25) is 4.79 Å². The van der Waals surface area contributed by atoms with Gasteiger partial charge in [-0.2, -0.15) is 4.39 Å². The van der Waals surface area contributed by atoms with Gasteiger partial charge < -0.3 is 4.74 Å². The monoisotopic (exact) mass is 321 g/mol. The number of halogens is 1. The second kappa shape index (κ2) is 7.08. The van der Waals surface area contributed by atoms with Crippen molar-refractivity contribution in [1.29, 1.82) is 0 Å². The third kappa shape index (κ3) is 3.45. The molecule has 2 aromatic rings. The second-order valence-electron chi connectivity index (χ2n) is 4.01. The number of ketones is 1. The van der Waals surface area contributed by atoms with E-state index in [1.54, 1.807) is 13.2 Å². The maximum Gasteiger partial charge on any atom is 0.342 e. The van der Waals surface area contributed by atoms with Gasteiger partial charge >= 0.3 is 5.97 Å². The predicted molar refractivity (Wildman–Crippen MR) is 77.4 cm³/mol. The molecule has 0 saturated carbocycles. The summed E-state index contributed by atoms with van der Waals surface area (Å²) in [7, 11) is 0. The fourth-order valence-corrected chi connectivity index (χ4v) is 1.99. The van der Waals surface area contributed by atoms with Crippen LogP contribution in [0.15, 0.2) is 29.6 Å². The van der Waals surface area contributed by atoms with Gasteiger partial charge in [0.1, 0.15) is 17.0 Å². The van der Waals surface area contributed by atoms with Crippen molar-refractivity contribution in [2.75, 3.05) is 12.9 Å². The Morgan fingerprint density at radius 2 is 2.09 bits per heavy atom. The number of carbonyl (C=O) groups excluding carboxylic acids is 2. The highest BCUT2D eigenvalue weighted by molar-refractivity contribution is 7.98. The lowest BCUT2D eigenvalue weighted by atomic mass is 10.1. The summed E-state index contributed by atoms with van der Waals surface area (Å²) >= 11 is 1.21. The van der Waals surface area contributed by atoms with Gasteiger partial charge in [-0.25, -0.2) is 19.7 Å². The number of hydrogen-bond donors (Lipinski definition) is 0. The van der Waals surface area contributed by atoms with E-state index in [-0.39, 0.29) is 23.6 Å². The fraction of sp³-hybridized carbons (Fsp3) is 0.214. The lowest BCUT2D eigenvalue weighted by Gasteiger charge is -2.08. The number of thioether (sulfide) groups is 1. The van der Waals surface area contributed by atoms with Crippen molar-refractivity contribution in [2.24, 2.45) is 0 Å². The zero-order chi connectivity index (χ0) is 16.1. The Labute approximate surface area is 130 Å². The molecule has 114 valence electrons. The molecule has 0 aliphatic carbocycles. The maximum absolute atomic E-state index is 13.2. The Morgan fingerprint density at radius 3 is 2.73 bits per heavy atom. The molecule has 0 radical (unpaired) electrons. The van der Waals surface area contributed by atoms with Crippen LogP contribution < -0.4 is 0 Å². The molecule has 6 nitrogen and oxygen atoms in total. The molecule has 0 aliphatic heterocycles. The van der Waals surface area contributed by atoms with Crippen molar-refractivity contribution >= 4 is 23.5 Å². The number of carbonyl (C=O) groups is 2. The Balaban J connectivity index is 2.51. The van der Waals surface area contributed by atoms with Crippen LogP contribution in [0.1, 0.15) is 33.5 Å². The number of ether oxygens (including phenoxy) is 1. The minimum absolute atomic E-state index is 0.0734. The zero-order valence-electron chi connectivity index (χ0n) is 11.9. The van der Waals surface area contributed by atoms with E-state index < -0.39 is 17.7 Å². The number of esters is 1. The Morgan fingerprint density at radius 1 is 1.32 bits per heavy atom. The lowest BCUT2D eigenvalue weighted by Crippen LogP contribution is -2.17. The van der Waals surface area contributed by atoms with Crippen molar-refractivity contribution in [3.05, 3.63) is 47.3 Å². The molecule has 0 N–H and O–H groups in total. The molecule has 8 heteroatoms. The highest BCUT2D eigenvalue weighted by atomic mass is 32.2. The SMILES string of the molecule is CCOC(=O)c1cnc(SC)nc1C(=O)c1cccc(F)n1. The van der Waals surface area contributed by atoms with Crippen molar-refractivity contribution in [3.63, 3.8) is 0 Å². The highest BCUT2D eigenvalue weighted by Gasteiger charge is 2.23. The standard InChI is InChI=1S/C14H12FN3O3S/c1-3-21-13(20)8-7-16-14(22-2)18-11(8)12(19)9-5-4-6-10(15)17-9/h4-7H,3H2,1-2H3. The van der Waals surface area contributed by atoms with Crippen LogP contribution in [0.25, 0.3) is 0 Å². The predicted octanol–water partition coefficient (Wildman–Crippen LogP) is 2.14. The summed E-state index contributed by atoms with van der Waals surface area (Å²) in [5, 5.41) is 0.313. The summed E-state index contributed by atoms with van der Waals surface area (Å²) in [4.78, 5) is 35.9. The molecule has 2 heterocycles. The quantitative estimate of drug-likeness (QED) is 0.274. The number of aromatic nitrogens is 3. The van der Waals surface area contributed by atoms with Gasteiger partial charge in [-0.05, 0) is 25.3 Å². The second-order valence-corrected chi connectivity index (χ2v) is 4.79. The maximum atomic E-state index is 13.2. The molecule has 0 saturated heterocycles. The van der Waals surface area contributed by atoms with E-state index in [1.165, 1.54) is 30.1 Å². The van der Waals surface area contributed by atoms with E-state index in [2.05, 4.69) is 15.0 Å². The van der Waals surface area contributed by atoms with Gasteiger partial charge in [0.25, 0.3) is 0 Å². The first-order valence-corrected chi connectivity index (χ1v) is 7.54. The molecule has 2 rings (SSSR count). The van der Waals surface area contributed by atoms with Gasteiger partial charge in [0.05, 0.1) is 6.61 Å². The molecule has 0 amide bonds. The molecule has 0 aromatic carbocycles. The average molecular weight is 321 g/mol. The van der Waals surface area contributed by atoms with Crippen LogP contribution in [0.5, 0.6) is 0 Å². The fourth-order valence-electron chi connectivity index (χ4n) is 1.65. The summed E-state index contributed by atoms with van der Waals surface area (Å²) in [5.74, 6) is -2.17. The van der Waals surface area contributed by atoms with Crippen LogP contribution in [0.3, 0.4) is 0 Å². The van der Waals surface area contributed by atoms with Gasteiger partial charge in [-0.1, -0.05) is 17.8 Å². The molecule has 0 fully saturated rings. The van der Waals surface area contributed by atoms with Crippen LogP contribution in [0, 0.1) is 5.95 Å². The number of rotatable bonds is 5. The number of hydrogen-bond acceptors (Lipinski definition) is 7. The molecule has 0 atom stereocenters. The van der Waals surface area contributed by atoms with Gasteiger partial charge in [0.15, 0.2) is 5.16 Å². The lowest BCUT2D eigenvalue weighted by molar-refractivity contribution is 0.0522. The Kier molecular flexibility index (Phi) is 5.16. The van der Waals surface area contributed by atoms with Crippen LogP contribution in [0.4, 0.5) is 4.39 Å². The Hall–Kier alpha value is -2.35. The summed E-state index contributed by atoms with van der Waals surface area (Å²) in [5.41, 5.74) is -0.372. The highest BCUT2D eigenvalue weighted by Crippen LogP contribution is 2.16. The number of nitrogens with zero attached hydrogens (tertiary/aromatic N) is 3. The first-order valence-electron chi connectivity index (χ1n) is 6.32. The summed E-state index contributed by atoms with van der Waals surface area (Å²) in [6.45, 7) is 1.79. The van der Waals surface area contributed by atoms with Crippen molar-refractivity contribution in [2.45, 2.75) is 12.1 Å². The third-order valence-electron chi connectivity index (χ3n) is 2.61. The van der Waals surface area contributed by atoms with E-state index in [9.17, 15) is 14.0 Å². The molecule has 2 aromatic heterocycles. The Bertz CT molecular complexity index is 724. The minimum Gasteiger partial charge on any atom is -0.462 e. The van der Waals surface area contributed by atoms with Crippen LogP contribution in [-0.2, 0) is 4.74 Å². The van der Waals surface area contributed by atoms with Gasteiger partial charge in [0.2, 0.25) is 11.7 Å². The molecule has 0 spiro atoms. The van der Waals surface area contributed by atoms with Crippen LogP contribution in [0.2, 0.25) is 0 Å². The first-order chi connectivity index (χ1) is 10.6. The summed E-state index contributed by atoms with van der Waals surface area (Å²) < 4.78 is 18.1. The number of pyridine rings is 1. The van der Waals surface area contributed by atoms with E-state index in [0.717, 1.165) is 6.07 Å². The zero-order valence-corrected chi connectivity index (χ0v) is 12.7. The molecule has 0 unspecified atom stereocenters. The van der Waals surface area contributed by atoms with Crippen LogP contribution >= 0.6 is 11.8 Å². The molecular formula is C14H12FN3O3S. The first kappa shape index (κ1) is 16.0. The normalized spacial score (nSPS) is 10.3. The average Bonchev–Trinajstić information content (AvgIpc) is 2.53. The van der Waals surface area contributed by atoms with E-state index in [1.807, 2.05) is 0 Å². The molecule has 22 heavy (non-hydrogen) atoms. The third-order valence-corrected chi connectivity index (χ3v) is 3.17. The summed E-state index contributed by atoms with van der Waals surface area (Å²) in [6.07, 6.45) is 2.96. The molecule has 0 bridgehead atoms. The van der Waals surface area contributed by atoms with E-state index >= 15 is 0 Å². The van der Waals surface area contributed by atoms with E-state index in [4.69, 9.17) is 4.74 Å². The van der Waals surface area contributed by atoms with E-state index in [0.29, 0.717) is 5.16 Å². The summed E-state index contributed by atoms with van der Waals surface area (Å²) in [6, 6.07) is 3.83. The molecule has 0 aliphatic rings. The van der Waals surface area contributed by atoms with Crippen molar-refractivity contribution in [3.8, 4) is 0 Å². The minimum atomic E-state index is -0.789. The largest absolute Gasteiger partial charge is 0.462 e.